The molecule has 0 saturated carbocycles. The van der Waals surface area contributed by atoms with Crippen molar-refractivity contribution in [2.24, 2.45) is 0 Å². The number of nitrogens with one attached hydrogen (secondary N) is 1. The standard InChI is InChI=1S/C17H24N4O3/c1-5-14-19-20-15(24-14)12-7-9-13(10-8-12)18-16(22)21(6-2)11-17(3,4)23/h7-10,23H,5-6,11H2,1-4H3,(H,18,22). The van der Waals surface area contributed by atoms with Crippen LogP contribution < -0.4 is 5.32 Å². The summed E-state index contributed by atoms with van der Waals surface area (Å²) < 4.78 is 5.50. The first kappa shape index (κ1) is 17.9. The van der Waals surface area contributed by atoms with E-state index in [-0.39, 0.29) is 12.6 Å². The molecule has 0 fully saturated rings. The van der Waals surface area contributed by atoms with Crippen LogP contribution in [0.5, 0.6) is 0 Å². The molecule has 1 aromatic heterocycles. The molecule has 0 aliphatic carbocycles. The van der Waals surface area contributed by atoms with Crippen LogP contribution in [0.25, 0.3) is 11.5 Å². The van der Waals surface area contributed by atoms with Gasteiger partial charge in [-0.1, -0.05) is 6.92 Å². The predicted octanol–water partition coefficient (Wildman–Crippen LogP) is 2.92. The Labute approximate surface area is 141 Å². The molecule has 2 amide bonds. The topological polar surface area (TPSA) is 91.5 Å². The molecule has 2 aromatic rings. The van der Waals surface area contributed by atoms with Gasteiger partial charge in [-0.05, 0) is 45.0 Å². The molecule has 0 saturated heterocycles. The van der Waals surface area contributed by atoms with Crippen LogP contribution in [-0.4, -0.2) is 44.9 Å². The van der Waals surface area contributed by atoms with E-state index in [4.69, 9.17) is 4.42 Å². The maximum absolute atomic E-state index is 12.3. The van der Waals surface area contributed by atoms with Gasteiger partial charge < -0.3 is 19.7 Å². The summed E-state index contributed by atoms with van der Waals surface area (Å²) in [6.45, 7) is 7.93. The SMILES string of the molecule is CCc1nnc(-c2ccc(NC(=O)N(CC)CC(C)(C)O)cc2)o1. The van der Waals surface area contributed by atoms with Crippen LogP contribution in [-0.2, 0) is 6.42 Å². The molecule has 7 nitrogen and oxygen atoms in total. The summed E-state index contributed by atoms with van der Waals surface area (Å²) >= 11 is 0. The lowest BCUT2D eigenvalue weighted by atomic mass is 10.1. The zero-order chi connectivity index (χ0) is 17.7. The van der Waals surface area contributed by atoms with Gasteiger partial charge in [-0.2, -0.15) is 0 Å². The number of nitrogens with zero attached hydrogens (tertiary/aromatic N) is 3. The van der Waals surface area contributed by atoms with Crippen LogP contribution in [0.4, 0.5) is 10.5 Å². The number of urea groups is 1. The highest BCUT2D eigenvalue weighted by atomic mass is 16.4. The van der Waals surface area contributed by atoms with Gasteiger partial charge >= 0.3 is 6.03 Å². The van der Waals surface area contributed by atoms with E-state index in [2.05, 4.69) is 15.5 Å². The van der Waals surface area contributed by atoms with Crippen molar-refractivity contribution in [2.45, 2.75) is 39.7 Å². The minimum absolute atomic E-state index is 0.251. The lowest BCUT2D eigenvalue weighted by molar-refractivity contribution is 0.0501. The van der Waals surface area contributed by atoms with Crippen molar-refractivity contribution < 1.29 is 14.3 Å². The van der Waals surface area contributed by atoms with E-state index in [1.54, 1.807) is 30.9 Å². The van der Waals surface area contributed by atoms with E-state index in [9.17, 15) is 9.90 Å². The zero-order valence-corrected chi connectivity index (χ0v) is 14.5. The fourth-order valence-corrected chi connectivity index (χ4v) is 2.21. The largest absolute Gasteiger partial charge is 0.421 e. The maximum Gasteiger partial charge on any atom is 0.321 e. The molecule has 130 valence electrons. The van der Waals surface area contributed by atoms with Crippen LogP contribution in [0.15, 0.2) is 28.7 Å². The first-order chi connectivity index (χ1) is 11.3. The van der Waals surface area contributed by atoms with Crippen LogP contribution in [0.2, 0.25) is 0 Å². The molecule has 2 rings (SSSR count). The molecule has 1 heterocycles. The molecule has 0 atom stereocenters. The molecule has 0 aliphatic rings. The molecule has 0 radical (unpaired) electrons. The smallest absolute Gasteiger partial charge is 0.321 e. The van der Waals surface area contributed by atoms with E-state index >= 15 is 0 Å². The van der Waals surface area contributed by atoms with Crippen molar-refractivity contribution >= 4 is 11.7 Å². The lowest BCUT2D eigenvalue weighted by Gasteiger charge is -2.28. The fraction of sp³-hybridized carbons (Fsp3) is 0.471. The molecule has 0 bridgehead atoms. The average Bonchev–Trinajstić information content (AvgIpc) is 3.01. The van der Waals surface area contributed by atoms with Crippen molar-refractivity contribution in [3.63, 3.8) is 0 Å². The second kappa shape index (κ2) is 7.44. The summed E-state index contributed by atoms with van der Waals surface area (Å²) in [7, 11) is 0. The summed E-state index contributed by atoms with van der Waals surface area (Å²) in [6, 6.07) is 6.93. The summed E-state index contributed by atoms with van der Waals surface area (Å²) in [4.78, 5) is 13.8. The fourth-order valence-electron chi connectivity index (χ4n) is 2.21. The Morgan fingerprint density at radius 3 is 2.42 bits per heavy atom. The van der Waals surface area contributed by atoms with Crippen molar-refractivity contribution in [2.75, 3.05) is 18.4 Å². The normalized spacial score (nSPS) is 11.4. The lowest BCUT2D eigenvalue weighted by Crippen LogP contribution is -2.44. The Hall–Kier alpha value is -2.41. The minimum Gasteiger partial charge on any atom is -0.421 e. The van der Waals surface area contributed by atoms with Gasteiger partial charge in [-0.15, -0.1) is 10.2 Å². The van der Waals surface area contributed by atoms with Crippen molar-refractivity contribution in [3.8, 4) is 11.5 Å². The number of carbonyl (C=O) groups excluding carboxylic acids is 1. The van der Waals surface area contributed by atoms with Gasteiger partial charge in [0.15, 0.2) is 0 Å². The van der Waals surface area contributed by atoms with Crippen molar-refractivity contribution in [1.29, 1.82) is 0 Å². The minimum atomic E-state index is -0.938. The van der Waals surface area contributed by atoms with Gasteiger partial charge in [0.25, 0.3) is 0 Å². The Morgan fingerprint density at radius 1 is 1.25 bits per heavy atom. The van der Waals surface area contributed by atoms with E-state index < -0.39 is 5.60 Å². The number of hydrogen-bond donors (Lipinski definition) is 2. The predicted molar refractivity (Wildman–Crippen MR) is 91.7 cm³/mol. The van der Waals surface area contributed by atoms with Crippen molar-refractivity contribution in [1.82, 2.24) is 15.1 Å². The molecule has 0 unspecified atom stereocenters. The van der Waals surface area contributed by atoms with E-state index in [1.165, 1.54) is 0 Å². The van der Waals surface area contributed by atoms with Crippen LogP contribution in [0, 0.1) is 0 Å². The van der Waals surface area contributed by atoms with Crippen LogP contribution in [0.3, 0.4) is 0 Å². The monoisotopic (exact) mass is 332 g/mol. The highest BCUT2D eigenvalue weighted by molar-refractivity contribution is 5.89. The molecular weight excluding hydrogens is 308 g/mol. The summed E-state index contributed by atoms with van der Waals surface area (Å²) in [6.07, 6.45) is 0.690. The Balaban J connectivity index is 2.04. The number of carbonyl (C=O) groups is 1. The molecule has 7 heteroatoms. The average molecular weight is 332 g/mol. The third kappa shape index (κ3) is 4.79. The van der Waals surface area contributed by atoms with Gasteiger partial charge in [0.2, 0.25) is 11.8 Å². The number of amides is 2. The maximum atomic E-state index is 12.3. The number of likely N-dealkylation sites (N-methyl/N-ethyl adjacent to an activating group) is 1. The quantitative estimate of drug-likeness (QED) is 0.848. The highest BCUT2D eigenvalue weighted by Gasteiger charge is 2.21. The second-order valence-corrected chi connectivity index (χ2v) is 6.19. The Kier molecular flexibility index (Phi) is 5.56. The third-order valence-electron chi connectivity index (χ3n) is 3.40. The van der Waals surface area contributed by atoms with Gasteiger partial charge in [0, 0.05) is 24.2 Å². The molecule has 2 N–H and O–H groups in total. The van der Waals surface area contributed by atoms with Crippen molar-refractivity contribution in [3.05, 3.63) is 30.2 Å². The Morgan fingerprint density at radius 2 is 1.92 bits per heavy atom. The Bertz CT molecular complexity index is 674. The van der Waals surface area contributed by atoms with Gasteiger partial charge in [-0.3, -0.25) is 0 Å². The number of hydrogen-bond acceptors (Lipinski definition) is 5. The summed E-state index contributed by atoms with van der Waals surface area (Å²) in [5.41, 5.74) is 0.517. The van der Waals surface area contributed by atoms with Gasteiger partial charge in [-0.25, -0.2) is 4.79 Å². The number of benzene rings is 1. The van der Waals surface area contributed by atoms with E-state index in [0.29, 0.717) is 30.4 Å². The molecular formula is C17H24N4O3. The first-order valence-corrected chi connectivity index (χ1v) is 8.03. The van der Waals surface area contributed by atoms with Crippen LogP contribution in [0.1, 0.15) is 33.6 Å². The van der Waals surface area contributed by atoms with E-state index in [1.807, 2.05) is 26.0 Å². The highest BCUT2D eigenvalue weighted by Crippen LogP contribution is 2.20. The number of rotatable bonds is 6. The number of aryl methyl sites for hydroxylation is 1. The summed E-state index contributed by atoms with van der Waals surface area (Å²) in [5.74, 6) is 1.05. The molecule has 0 spiro atoms. The molecule has 1 aromatic carbocycles. The first-order valence-electron chi connectivity index (χ1n) is 8.03. The third-order valence-corrected chi connectivity index (χ3v) is 3.40. The molecule has 24 heavy (non-hydrogen) atoms. The van der Waals surface area contributed by atoms with Crippen LogP contribution >= 0.6 is 0 Å². The molecule has 0 aliphatic heterocycles. The number of aromatic nitrogens is 2. The zero-order valence-electron chi connectivity index (χ0n) is 14.5. The number of aliphatic hydroxyl groups is 1. The number of anilines is 1. The summed E-state index contributed by atoms with van der Waals surface area (Å²) in [5, 5.41) is 20.6. The van der Waals surface area contributed by atoms with Gasteiger partial charge in [0.05, 0.1) is 12.1 Å². The van der Waals surface area contributed by atoms with E-state index in [0.717, 1.165) is 5.56 Å². The van der Waals surface area contributed by atoms with Gasteiger partial charge in [0.1, 0.15) is 0 Å². The second-order valence-electron chi connectivity index (χ2n) is 6.19.